The molecule has 18 heavy (non-hydrogen) atoms. The van der Waals surface area contributed by atoms with Gasteiger partial charge in [0.1, 0.15) is 5.15 Å². The highest BCUT2D eigenvalue weighted by Crippen LogP contribution is 2.35. The zero-order valence-corrected chi connectivity index (χ0v) is 10.4. The van der Waals surface area contributed by atoms with Crippen molar-refractivity contribution in [1.82, 2.24) is 4.98 Å². The third kappa shape index (κ3) is 2.39. The van der Waals surface area contributed by atoms with Gasteiger partial charge in [-0.15, -0.1) is 0 Å². The van der Waals surface area contributed by atoms with Crippen LogP contribution in [-0.4, -0.2) is 18.9 Å². The van der Waals surface area contributed by atoms with E-state index in [1.54, 1.807) is 0 Å². The molecule has 100 valence electrons. The summed E-state index contributed by atoms with van der Waals surface area (Å²) in [5.74, 6) is -0.389. The van der Waals surface area contributed by atoms with Crippen molar-refractivity contribution in [3.63, 3.8) is 0 Å². The second kappa shape index (κ2) is 4.27. The topological polar surface area (TPSA) is 56.3 Å². The highest BCUT2D eigenvalue weighted by Gasteiger charge is 2.49. The molecule has 0 radical (unpaired) electrons. The average molecular weight is 302 g/mol. The maximum Gasteiger partial charge on any atom is 0.534 e. The summed E-state index contributed by atoms with van der Waals surface area (Å²) in [7, 11) is -5.68. The van der Waals surface area contributed by atoms with Gasteiger partial charge < -0.3 is 4.18 Å². The van der Waals surface area contributed by atoms with E-state index < -0.39 is 15.6 Å². The van der Waals surface area contributed by atoms with Gasteiger partial charge in [-0.3, -0.25) is 0 Å². The Morgan fingerprint density at radius 1 is 1.33 bits per heavy atom. The average Bonchev–Trinajstić information content (AvgIpc) is 2.62. The lowest BCUT2D eigenvalue weighted by Gasteiger charge is -2.12. The van der Waals surface area contributed by atoms with Crippen LogP contribution in [0.5, 0.6) is 5.75 Å². The van der Waals surface area contributed by atoms with Crippen molar-refractivity contribution in [3.05, 3.63) is 22.5 Å². The van der Waals surface area contributed by atoms with Crippen LogP contribution in [0.15, 0.2) is 6.07 Å². The van der Waals surface area contributed by atoms with Crippen molar-refractivity contribution >= 4 is 21.7 Å². The number of alkyl halides is 3. The van der Waals surface area contributed by atoms with E-state index in [0.29, 0.717) is 30.5 Å². The van der Waals surface area contributed by atoms with Gasteiger partial charge in [0.05, 0.1) is 0 Å². The Morgan fingerprint density at radius 3 is 2.61 bits per heavy atom. The molecule has 1 aliphatic carbocycles. The van der Waals surface area contributed by atoms with Gasteiger partial charge in [0.25, 0.3) is 0 Å². The fraction of sp³-hybridized carbons (Fsp3) is 0.444. The molecule has 0 aromatic carbocycles. The molecule has 2 rings (SSSR count). The predicted octanol–water partition coefficient (Wildman–Crippen LogP) is 2.45. The van der Waals surface area contributed by atoms with Crippen LogP contribution in [0.25, 0.3) is 0 Å². The van der Waals surface area contributed by atoms with Gasteiger partial charge in [-0.05, 0) is 19.3 Å². The predicted molar refractivity (Wildman–Crippen MR) is 56.9 cm³/mol. The summed E-state index contributed by atoms with van der Waals surface area (Å²) in [4.78, 5) is 3.92. The Kier molecular flexibility index (Phi) is 3.18. The summed E-state index contributed by atoms with van der Waals surface area (Å²) in [6, 6.07) is 0.981. The summed E-state index contributed by atoms with van der Waals surface area (Å²) in [6.45, 7) is 0. The van der Waals surface area contributed by atoms with Crippen LogP contribution in [0.4, 0.5) is 13.2 Å². The quantitative estimate of drug-likeness (QED) is 0.478. The van der Waals surface area contributed by atoms with E-state index >= 15 is 0 Å². The van der Waals surface area contributed by atoms with Gasteiger partial charge in [-0.1, -0.05) is 11.6 Å². The normalized spacial score (nSPS) is 15.6. The minimum atomic E-state index is -5.68. The van der Waals surface area contributed by atoms with E-state index in [2.05, 4.69) is 9.17 Å². The first kappa shape index (κ1) is 13.4. The number of rotatable bonds is 2. The van der Waals surface area contributed by atoms with Gasteiger partial charge in [0.15, 0.2) is 5.75 Å². The monoisotopic (exact) mass is 301 g/mol. The van der Waals surface area contributed by atoms with Crippen LogP contribution in [0.3, 0.4) is 0 Å². The fourth-order valence-corrected chi connectivity index (χ4v) is 2.39. The third-order valence-corrected chi connectivity index (χ3v) is 3.62. The van der Waals surface area contributed by atoms with Crippen LogP contribution >= 0.6 is 11.6 Å². The Hall–Kier alpha value is -1.02. The zero-order valence-electron chi connectivity index (χ0n) is 8.79. The number of hydrogen-bond acceptors (Lipinski definition) is 4. The molecule has 0 fully saturated rings. The molecule has 0 saturated heterocycles. The molecule has 1 aliphatic rings. The second-order valence-electron chi connectivity index (χ2n) is 3.71. The number of pyridine rings is 1. The number of aromatic nitrogens is 1. The van der Waals surface area contributed by atoms with Crippen LogP contribution in [-0.2, 0) is 23.0 Å². The molecule has 9 heteroatoms. The minimum absolute atomic E-state index is 0.0944. The summed E-state index contributed by atoms with van der Waals surface area (Å²) < 4.78 is 62.6. The number of halogens is 4. The lowest BCUT2D eigenvalue weighted by atomic mass is 10.2. The Morgan fingerprint density at radius 2 is 2.00 bits per heavy atom. The van der Waals surface area contributed by atoms with Gasteiger partial charge in [0, 0.05) is 17.3 Å². The largest absolute Gasteiger partial charge is 0.534 e. The molecule has 0 saturated carbocycles. The summed E-state index contributed by atoms with van der Waals surface area (Å²) in [5, 5.41) is -0.0944. The first-order valence-corrected chi connectivity index (χ1v) is 6.68. The molecule has 1 aromatic rings. The standard InChI is InChI=1S/C9H7ClF3NO3S/c10-8-4-7(5-2-1-3-6(5)14-8)17-18(15,16)9(11,12)13/h4H,1-3H2. The number of hydrogen-bond donors (Lipinski definition) is 0. The Labute approximate surface area is 106 Å². The van der Waals surface area contributed by atoms with Crippen LogP contribution in [0.2, 0.25) is 5.15 Å². The van der Waals surface area contributed by atoms with Crippen molar-refractivity contribution in [3.8, 4) is 5.75 Å². The van der Waals surface area contributed by atoms with Gasteiger partial charge in [0.2, 0.25) is 0 Å². The number of aryl methyl sites for hydroxylation is 1. The van der Waals surface area contributed by atoms with E-state index in [9.17, 15) is 21.6 Å². The van der Waals surface area contributed by atoms with E-state index in [0.717, 1.165) is 6.07 Å². The van der Waals surface area contributed by atoms with Gasteiger partial charge in [-0.25, -0.2) is 4.98 Å². The summed E-state index contributed by atoms with van der Waals surface area (Å²) >= 11 is 5.60. The molecule has 0 N–H and O–H groups in total. The molecule has 1 aromatic heterocycles. The summed E-state index contributed by atoms with van der Waals surface area (Å²) in [5.41, 5.74) is -4.61. The van der Waals surface area contributed by atoms with Gasteiger partial charge in [-0.2, -0.15) is 21.6 Å². The van der Waals surface area contributed by atoms with Gasteiger partial charge >= 0.3 is 15.6 Å². The molecule has 1 heterocycles. The Bertz CT molecular complexity index is 585. The van der Waals surface area contributed by atoms with Crippen molar-refractivity contribution in [2.75, 3.05) is 0 Å². The van der Waals surface area contributed by atoms with Crippen LogP contribution in [0, 0.1) is 0 Å². The zero-order chi connectivity index (χ0) is 13.6. The Balaban J connectivity index is 2.42. The van der Waals surface area contributed by atoms with E-state index in [1.807, 2.05) is 0 Å². The van der Waals surface area contributed by atoms with E-state index in [-0.39, 0.29) is 10.9 Å². The minimum Gasteiger partial charge on any atom is -0.376 e. The first-order chi connectivity index (χ1) is 8.21. The second-order valence-corrected chi connectivity index (χ2v) is 5.63. The molecule has 0 atom stereocenters. The smallest absolute Gasteiger partial charge is 0.376 e. The van der Waals surface area contributed by atoms with Crippen LogP contribution < -0.4 is 4.18 Å². The number of fused-ring (bicyclic) bond motifs is 1. The lowest BCUT2D eigenvalue weighted by molar-refractivity contribution is -0.0500. The molecular weight excluding hydrogens is 295 g/mol. The molecule has 0 unspecified atom stereocenters. The molecule has 0 bridgehead atoms. The van der Waals surface area contributed by atoms with E-state index in [1.165, 1.54) is 0 Å². The maximum atomic E-state index is 12.2. The lowest BCUT2D eigenvalue weighted by Crippen LogP contribution is -2.28. The van der Waals surface area contributed by atoms with Crippen LogP contribution in [0.1, 0.15) is 17.7 Å². The third-order valence-electron chi connectivity index (χ3n) is 2.46. The molecule has 0 amide bonds. The first-order valence-electron chi connectivity index (χ1n) is 4.90. The van der Waals surface area contributed by atoms with Crippen molar-refractivity contribution in [2.24, 2.45) is 0 Å². The molecular formula is C9H7ClF3NO3S. The maximum absolute atomic E-state index is 12.2. The molecule has 0 aliphatic heterocycles. The fourth-order valence-electron chi connectivity index (χ4n) is 1.71. The van der Waals surface area contributed by atoms with Crippen molar-refractivity contribution in [1.29, 1.82) is 0 Å². The summed E-state index contributed by atoms with van der Waals surface area (Å²) in [6.07, 6.45) is 1.63. The highest BCUT2D eigenvalue weighted by molar-refractivity contribution is 7.88. The molecule has 4 nitrogen and oxygen atoms in total. The van der Waals surface area contributed by atoms with E-state index in [4.69, 9.17) is 11.6 Å². The number of nitrogens with zero attached hydrogens (tertiary/aromatic N) is 1. The van der Waals surface area contributed by atoms with Crippen molar-refractivity contribution in [2.45, 2.75) is 24.8 Å². The SMILES string of the molecule is O=S(=O)(Oc1cc(Cl)nc2c1CCC2)C(F)(F)F. The van der Waals surface area contributed by atoms with Crippen molar-refractivity contribution < 1.29 is 25.8 Å². The highest BCUT2D eigenvalue weighted by atomic mass is 35.5. The molecule has 0 spiro atoms.